The topological polar surface area (TPSA) is 29.1 Å². The van der Waals surface area contributed by atoms with Crippen LogP contribution in [0.2, 0.25) is 0 Å². The van der Waals surface area contributed by atoms with Crippen LogP contribution in [0.3, 0.4) is 0 Å². The molecule has 1 aliphatic carbocycles. The molecule has 0 radical (unpaired) electrons. The fourth-order valence-electron chi connectivity index (χ4n) is 2.57. The summed E-state index contributed by atoms with van der Waals surface area (Å²) in [4.78, 5) is 12.1. The molecule has 0 aliphatic heterocycles. The zero-order valence-electron chi connectivity index (χ0n) is 11.0. The third-order valence-corrected chi connectivity index (χ3v) is 3.85. The predicted molar refractivity (Wildman–Crippen MR) is 70.0 cm³/mol. The van der Waals surface area contributed by atoms with E-state index in [1.807, 2.05) is 0 Å². The fourth-order valence-corrected chi connectivity index (χ4v) is 2.57. The van der Waals surface area contributed by atoms with Gasteiger partial charge in [-0.15, -0.1) is 0 Å². The molecule has 1 aromatic carbocycles. The SMILES string of the molecule is Cc1cc(C(=O)NC2CCCCC2C)ccc1F. The van der Waals surface area contributed by atoms with Crippen molar-refractivity contribution in [1.82, 2.24) is 5.32 Å². The van der Waals surface area contributed by atoms with Crippen molar-refractivity contribution in [2.75, 3.05) is 0 Å². The third-order valence-electron chi connectivity index (χ3n) is 3.85. The molecule has 2 unspecified atom stereocenters. The van der Waals surface area contributed by atoms with Gasteiger partial charge in [-0.05, 0) is 49.4 Å². The van der Waals surface area contributed by atoms with Crippen molar-refractivity contribution in [1.29, 1.82) is 0 Å². The van der Waals surface area contributed by atoms with Crippen molar-refractivity contribution in [2.45, 2.75) is 45.6 Å². The molecule has 1 amide bonds. The van der Waals surface area contributed by atoms with E-state index in [2.05, 4.69) is 12.2 Å². The van der Waals surface area contributed by atoms with Crippen LogP contribution in [0.1, 0.15) is 48.5 Å². The Morgan fingerprint density at radius 2 is 2.06 bits per heavy atom. The third kappa shape index (κ3) is 2.89. The van der Waals surface area contributed by atoms with Gasteiger partial charge in [0.05, 0.1) is 0 Å². The lowest BCUT2D eigenvalue weighted by Crippen LogP contribution is -2.41. The van der Waals surface area contributed by atoms with Crippen LogP contribution in [0.5, 0.6) is 0 Å². The van der Waals surface area contributed by atoms with Gasteiger partial charge in [-0.25, -0.2) is 4.39 Å². The molecule has 1 aliphatic rings. The number of nitrogens with one attached hydrogen (secondary N) is 1. The van der Waals surface area contributed by atoms with Crippen molar-refractivity contribution in [3.05, 3.63) is 35.1 Å². The van der Waals surface area contributed by atoms with Gasteiger partial charge in [-0.3, -0.25) is 4.79 Å². The molecule has 1 fully saturated rings. The van der Waals surface area contributed by atoms with Crippen LogP contribution >= 0.6 is 0 Å². The quantitative estimate of drug-likeness (QED) is 0.854. The van der Waals surface area contributed by atoms with E-state index in [1.54, 1.807) is 19.1 Å². The highest BCUT2D eigenvalue weighted by atomic mass is 19.1. The Balaban J connectivity index is 2.04. The summed E-state index contributed by atoms with van der Waals surface area (Å²) in [6.07, 6.45) is 4.65. The maximum Gasteiger partial charge on any atom is 0.251 e. The van der Waals surface area contributed by atoms with Gasteiger partial charge < -0.3 is 5.32 Å². The van der Waals surface area contributed by atoms with E-state index >= 15 is 0 Å². The molecule has 2 nitrogen and oxygen atoms in total. The smallest absolute Gasteiger partial charge is 0.251 e. The van der Waals surface area contributed by atoms with Gasteiger partial charge in [0.1, 0.15) is 5.82 Å². The Morgan fingerprint density at radius 1 is 1.33 bits per heavy atom. The molecule has 1 N–H and O–H groups in total. The molecule has 3 heteroatoms. The number of carbonyl (C=O) groups excluding carboxylic acids is 1. The summed E-state index contributed by atoms with van der Waals surface area (Å²) in [5.74, 6) is 0.179. The van der Waals surface area contributed by atoms with E-state index in [0.29, 0.717) is 17.0 Å². The molecule has 0 heterocycles. The zero-order chi connectivity index (χ0) is 13.1. The molecular formula is C15H20FNO. The lowest BCUT2D eigenvalue weighted by molar-refractivity contribution is 0.0910. The van der Waals surface area contributed by atoms with E-state index in [1.165, 1.54) is 25.3 Å². The molecule has 0 aromatic heterocycles. The Hall–Kier alpha value is -1.38. The number of carbonyl (C=O) groups is 1. The molecule has 2 rings (SSSR count). The largest absolute Gasteiger partial charge is 0.349 e. The molecular weight excluding hydrogens is 229 g/mol. The molecule has 0 spiro atoms. The second kappa shape index (κ2) is 5.51. The van der Waals surface area contributed by atoms with Crippen molar-refractivity contribution >= 4 is 5.91 Å². The van der Waals surface area contributed by atoms with Gasteiger partial charge in [-0.2, -0.15) is 0 Å². The highest BCUT2D eigenvalue weighted by Crippen LogP contribution is 2.24. The number of aryl methyl sites for hydroxylation is 1. The number of halogens is 1. The highest BCUT2D eigenvalue weighted by Gasteiger charge is 2.23. The number of hydrogen-bond donors (Lipinski definition) is 1. The normalized spacial score (nSPS) is 23.7. The summed E-state index contributed by atoms with van der Waals surface area (Å²) in [5, 5.41) is 3.07. The first-order chi connectivity index (χ1) is 8.58. The zero-order valence-corrected chi connectivity index (χ0v) is 11.0. The van der Waals surface area contributed by atoms with Crippen LogP contribution in [0.4, 0.5) is 4.39 Å². The van der Waals surface area contributed by atoms with Crippen LogP contribution < -0.4 is 5.32 Å². The summed E-state index contributed by atoms with van der Waals surface area (Å²) < 4.78 is 13.2. The number of benzene rings is 1. The second-order valence-electron chi connectivity index (χ2n) is 5.31. The molecule has 0 bridgehead atoms. The van der Waals surface area contributed by atoms with Crippen LogP contribution in [0, 0.1) is 18.7 Å². The number of hydrogen-bond acceptors (Lipinski definition) is 1. The lowest BCUT2D eigenvalue weighted by Gasteiger charge is -2.29. The Labute approximate surface area is 108 Å². The van der Waals surface area contributed by atoms with Gasteiger partial charge in [0.2, 0.25) is 0 Å². The minimum absolute atomic E-state index is 0.0862. The van der Waals surface area contributed by atoms with E-state index in [4.69, 9.17) is 0 Å². The maximum absolute atomic E-state index is 13.2. The summed E-state index contributed by atoms with van der Waals surface area (Å²) in [5.41, 5.74) is 1.06. The Bertz CT molecular complexity index is 444. The van der Waals surface area contributed by atoms with E-state index in [-0.39, 0.29) is 17.8 Å². The first-order valence-electron chi connectivity index (χ1n) is 6.65. The molecule has 2 atom stereocenters. The van der Waals surface area contributed by atoms with Gasteiger partial charge in [-0.1, -0.05) is 19.8 Å². The average Bonchev–Trinajstić information content (AvgIpc) is 2.35. The molecule has 18 heavy (non-hydrogen) atoms. The van der Waals surface area contributed by atoms with Crippen molar-refractivity contribution in [3.8, 4) is 0 Å². The first kappa shape index (κ1) is 13.1. The first-order valence-corrected chi connectivity index (χ1v) is 6.65. The van der Waals surface area contributed by atoms with Crippen LogP contribution in [-0.4, -0.2) is 11.9 Å². The summed E-state index contributed by atoms with van der Waals surface area (Å²) >= 11 is 0. The van der Waals surface area contributed by atoms with Gasteiger partial charge in [0, 0.05) is 11.6 Å². The van der Waals surface area contributed by atoms with Gasteiger partial charge in [0.25, 0.3) is 5.91 Å². The average molecular weight is 249 g/mol. The summed E-state index contributed by atoms with van der Waals surface area (Å²) in [6, 6.07) is 4.77. The molecule has 1 saturated carbocycles. The molecule has 0 saturated heterocycles. The fraction of sp³-hybridized carbons (Fsp3) is 0.533. The maximum atomic E-state index is 13.2. The van der Waals surface area contributed by atoms with Gasteiger partial charge in [0.15, 0.2) is 0 Å². The molecule has 98 valence electrons. The van der Waals surface area contributed by atoms with Crippen LogP contribution in [-0.2, 0) is 0 Å². The van der Waals surface area contributed by atoms with Crippen LogP contribution in [0.25, 0.3) is 0 Å². The Kier molecular flexibility index (Phi) is 4.00. The highest BCUT2D eigenvalue weighted by molar-refractivity contribution is 5.94. The van der Waals surface area contributed by atoms with Crippen molar-refractivity contribution in [2.24, 2.45) is 5.92 Å². The van der Waals surface area contributed by atoms with E-state index in [9.17, 15) is 9.18 Å². The predicted octanol–water partition coefficient (Wildman–Crippen LogP) is 3.44. The van der Waals surface area contributed by atoms with Crippen LogP contribution in [0.15, 0.2) is 18.2 Å². The van der Waals surface area contributed by atoms with Crippen molar-refractivity contribution in [3.63, 3.8) is 0 Å². The standard InChI is InChI=1S/C15H20FNO/c1-10-5-3-4-6-14(10)17-15(18)12-7-8-13(16)11(2)9-12/h7-10,14H,3-6H2,1-2H3,(H,17,18). The number of rotatable bonds is 2. The summed E-state index contributed by atoms with van der Waals surface area (Å²) in [6.45, 7) is 3.86. The second-order valence-corrected chi connectivity index (χ2v) is 5.31. The summed E-state index contributed by atoms with van der Waals surface area (Å²) in [7, 11) is 0. The minimum atomic E-state index is -0.266. The number of amides is 1. The monoisotopic (exact) mass is 249 g/mol. The van der Waals surface area contributed by atoms with Gasteiger partial charge >= 0.3 is 0 Å². The van der Waals surface area contributed by atoms with E-state index < -0.39 is 0 Å². The minimum Gasteiger partial charge on any atom is -0.349 e. The Morgan fingerprint density at radius 3 is 2.72 bits per heavy atom. The van der Waals surface area contributed by atoms with E-state index in [0.717, 1.165) is 6.42 Å². The lowest BCUT2D eigenvalue weighted by atomic mass is 9.86. The molecule has 1 aromatic rings. The van der Waals surface area contributed by atoms with Crippen molar-refractivity contribution < 1.29 is 9.18 Å².